The molecule has 160 valence electrons. The van der Waals surface area contributed by atoms with Gasteiger partial charge in [0.15, 0.2) is 5.78 Å². The average Bonchev–Trinajstić information content (AvgIpc) is 2.80. The van der Waals surface area contributed by atoms with Crippen molar-refractivity contribution in [3.63, 3.8) is 0 Å². The van der Waals surface area contributed by atoms with Crippen LogP contribution in [0.5, 0.6) is 23.0 Å². The van der Waals surface area contributed by atoms with Crippen LogP contribution in [0.4, 0.5) is 0 Å². The van der Waals surface area contributed by atoms with Crippen LogP contribution >= 0.6 is 7.82 Å². The molecule has 4 aromatic carbocycles. The van der Waals surface area contributed by atoms with Crippen molar-refractivity contribution in [2.45, 2.75) is 0 Å². The van der Waals surface area contributed by atoms with Gasteiger partial charge in [-0.15, -0.1) is 0 Å². The van der Waals surface area contributed by atoms with Crippen molar-refractivity contribution < 1.29 is 57.6 Å². The number of phenolic OH excluding ortho intramolecular Hbond substituents is 1. The number of rotatable bonds is 8. The number of phosphoric ester groups is 1. The van der Waals surface area contributed by atoms with Crippen molar-refractivity contribution in [2.24, 2.45) is 0 Å². The van der Waals surface area contributed by atoms with E-state index in [0.717, 1.165) is 0 Å². The first-order valence-corrected chi connectivity index (χ1v) is 11.2. The second-order valence-corrected chi connectivity index (χ2v) is 8.16. The zero-order valence-corrected chi connectivity index (χ0v) is 20.7. The summed E-state index contributed by atoms with van der Waals surface area (Å²) in [5.74, 6) is -0.0812. The second-order valence-electron chi connectivity index (χ2n) is 6.72. The number of carbonyl (C=O) groups is 1. The molecule has 0 heterocycles. The predicted molar refractivity (Wildman–Crippen MR) is 120 cm³/mol. The molecule has 0 aliphatic rings. The van der Waals surface area contributed by atoms with Gasteiger partial charge >= 0.3 is 37.4 Å². The Kier molecular flexibility index (Phi) is 8.37. The Morgan fingerprint density at radius 1 is 0.636 bits per heavy atom. The Hall–Kier alpha value is -3.02. The number of phenols is 1. The van der Waals surface area contributed by atoms with Crippen LogP contribution in [0.3, 0.4) is 0 Å². The molecule has 0 aromatic heterocycles. The minimum atomic E-state index is -4.20. The second kappa shape index (κ2) is 11.2. The third-order valence-corrected chi connectivity index (χ3v) is 5.69. The van der Waals surface area contributed by atoms with Gasteiger partial charge in [-0.25, -0.2) is 0 Å². The molecule has 33 heavy (non-hydrogen) atoms. The molecule has 0 fully saturated rings. The Balaban J connectivity index is 0.00000306. The minimum absolute atomic E-state index is 0. The first-order valence-electron chi connectivity index (χ1n) is 9.74. The standard InChI is InChI=1S/C25H19O6P.Na/c26-24-18-22(16-17-23(24)25(27)19-10-4-1-5-11-19)31-32(28,29-20-12-6-2-7-13-20)30-21-14-8-3-9-15-21;/h1-18,26H;/q;+1. The summed E-state index contributed by atoms with van der Waals surface area (Å²) in [5.41, 5.74) is 0.522. The van der Waals surface area contributed by atoms with Gasteiger partial charge < -0.3 is 18.7 Å². The largest absolute Gasteiger partial charge is 1.00 e. The van der Waals surface area contributed by atoms with Crippen molar-refractivity contribution >= 4 is 13.6 Å². The minimum Gasteiger partial charge on any atom is -0.507 e. The fourth-order valence-electron chi connectivity index (χ4n) is 2.91. The van der Waals surface area contributed by atoms with Gasteiger partial charge in [-0.2, -0.15) is 4.57 Å². The summed E-state index contributed by atoms with van der Waals surface area (Å²) >= 11 is 0. The third-order valence-electron chi connectivity index (χ3n) is 4.39. The Morgan fingerprint density at radius 2 is 1.09 bits per heavy atom. The van der Waals surface area contributed by atoms with E-state index in [4.69, 9.17) is 13.6 Å². The summed E-state index contributed by atoms with van der Waals surface area (Å²) in [4.78, 5) is 12.6. The molecule has 0 aliphatic carbocycles. The Morgan fingerprint density at radius 3 is 1.58 bits per heavy atom. The number of para-hydroxylation sites is 2. The first kappa shape index (κ1) is 24.6. The predicted octanol–water partition coefficient (Wildman–Crippen LogP) is 3.27. The molecular formula is C25H19NaO6P+. The molecule has 0 aliphatic heterocycles. The van der Waals surface area contributed by atoms with Gasteiger partial charge in [-0.05, 0) is 36.4 Å². The third kappa shape index (κ3) is 6.50. The average molecular weight is 469 g/mol. The van der Waals surface area contributed by atoms with Crippen molar-refractivity contribution in [1.29, 1.82) is 0 Å². The van der Waals surface area contributed by atoms with Gasteiger partial charge in [0.1, 0.15) is 23.0 Å². The quantitative estimate of drug-likeness (QED) is 0.242. The van der Waals surface area contributed by atoms with Crippen LogP contribution in [0, 0.1) is 0 Å². The molecule has 0 atom stereocenters. The van der Waals surface area contributed by atoms with Crippen LogP contribution < -0.4 is 43.1 Å². The molecule has 1 N–H and O–H groups in total. The van der Waals surface area contributed by atoms with E-state index in [1.807, 2.05) is 0 Å². The van der Waals surface area contributed by atoms with Crippen molar-refractivity contribution in [3.8, 4) is 23.0 Å². The number of carbonyl (C=O) groups excluding carboxylic acids is 1. The summed E-state index contributed by atoms with van der Waals surface area (Å²) in [6, 6.07) is 29.5. The Labute approximate surface area is 213 Å². The maximum absolute atomic E-state index is 13.5. The van der Waals surface area contributed by atoms with E-state index in [-0.39, 0.29) is 63.9 Å². The van der Waals surface area contributed by atoms with Crippen LogP contribution in [0.25, 0.3) is 0 Å². The monoisotopic (exact) mass is 469 g/mol. The summed E-state index contributed by atoms with van der Waals surface area (Å²) in [6.45, 7) is 0. The summed E-state index contributed by atoms with van der Waals surface area (Å²) in [7, 11) is -4.20. The summed E-state index contributed by atoms with van der Waals surface area (Å²) < 4.78 is 30.1. The molecular weight excluding hydrogens is 450 g/mol. The SMILES string of the molecule is O=C(c1ccccc1)c1ccc(OP(=O)(Oc2ccccc2)Oc2ccccc2)cc1O.[Na+]. The van der Waals surface area contributed by atoms with Crippen molar-refractivity contribution in [3.05, 3.63) is 120 Å². The van der Waals surface area contributed by atoms with E-state index in [0.29, 0.717) is 5.56 Å². The van der Waals surface area contributed by atoms with E-state index in [9.17, 15) is 14.5 Å². The van der Waals surface area contributed by atoms with Gasteiger partial charge in [0, 0.05) is 11.6 Å². The normalized spacial score (nSPS) is 10.5. The van der Waals surface area contributed by atoms with Crippen molar-refractivity contribution in [2.75, 3.05) is 0 Å². The molecule has 0 radical (unpaired) electrons. The van der Waals surface area contributed by atoms with E-state index in [1.54, 1.807) is 91.0 Å². The van der Waals surface area contributed by atoms with Crippen LogP contribution in [-0.2, 0) is 4.57 Å². The number of benzene rings is 4. The molecule has 4 rings (SSSR count). The summed E-state index contributed by atoms with van der Waals surface area (Å²) in [6.07, 6.45) is 0. The van der Waals surface area contributed by atoms with Gasteiger partial charge in [0.2, 0.25) is 0 Å². The van der Waals surface area contributed by atoms with E-state index < -0.39 is 7.82 Å². The molecule has 0 spiro atoms. The molecule has 6 nitrogen and oxygen atoms in total. The molecule has 8 heteroatoms. The number of phosphoric acid groups is 1. The van der Waals surface area contributed by atoms with E-state index in [2.05, 4.69) is 0 Å². The van der Waals surface area contributed by atoms with Gasteiger partial charge in [-0.3, -0.25) is 4.79 Å². The Bertz CT molecular complexity index is 1200. The fraction of sp³-hybridized carbons (Fsp3) is 0. The summed E-state index contributed by atoms with van der Waals surface area (Å²) in [5, 5.41) is 10.4. The van der Waals surface area contributed by atoms with Gasteiger partial charge in [0.25, 0.3) is 0 Å². The molecule has 4 aromatic rings. The van der Waals surface area contributed by atoms with E-state index >= 15 is 0 Å². The van der Waals surface area contributed by atoms with E-state index in [1.165, 1.54) is 18.2 Å². The maximum Gasteiger partial charge on any atom is 1.00 e. The van der Waals surface area contributed by atoms with Gasteiger partial charge in [0.05, 0.1) is 5.56 Å². The molecule has 0 saturated carbocycles. The maximum atomic E-state index is 13.5. The van der Waals surface area contributed by atoms with Crippen LogP contribution in [-0.4, -0.2) is 10.9 Å². The zero-order valence-electron chi connectivity index (χ0n) is 17.8. The molecule has 0 amide bonds. The number of aromatic hydroxyl groups is 1. The number of hydrogen-bond acceptors (Lipinski definition) is 6. The molecule has 0 bridgehead atoms. The fourth-order valence-corrected chi connectivity index (χ4v) is 4.15. The smallest absolute Gasteiger partial charge is 0.507 e. The van der Waals surface area contributed by atoms with Crippen LogP contribution in [0.1, 0.15) is 15.9 Å². The molecule has 0 saturated heterocycles. The van der Waals surface area contributed by atoms with Crippen LogP contribution in [0.15, 0.2) is 109 Å². The topological polar surface area (TPSA) is 82.1 Å². The van der Waals surface area contributed by atoms with Crippen molar-refractivity contribution in [1.82, 2.24) is 0 Å². The number of hydrogen-bond donors (Lipinski definition) is 1. The first-order chi connectivity index (χ1) is 15.5. The van der Waals surface area contributed by atoms with Crippen LogP contribution in [0.2, 0.25) is 0 Å². The van der Waals surface area contributed by atoms with Gasteiger partial charge in [-0.1, -0.05) is 66.7 Å². The number of ketones is 1. The molecule has 0 unspecified atom stereocenters. The zero-order chi connectivity index (χ0) is 22.4.